The van der Waals surface area contributed by atoms with Gasteiger partial charge in [-0.15, -0.1) is 22.7 Å². The van der Waals surface area contributed by atoms with Crippen LogP contribution in [0.25, 0.3) is 11.3 Å². The molecule has 3 heteroatoms. The smallest absolute Gasteiger partial charge is 0.0822 e. The van der Waals surface area contributed by atoms with Crippen molar-refractivity contribution in [1.82, 2.24) is 4.98 Å². The maximum Gasteiger partial charge on any atom is 0.0822 e. The second-order valence-corrected chi connectivity index (χ2v) is 4.10. The molecular weight excluding hydrogens is 174 g/mol. The normalized spacial score (nSPS) is 10.3. The van der Waals surface area contributed by atoms with Crippen molar-refractivity contribution < 1.29 is 0 Å². The molecule has 0 bridgehead atoms. The van der Waals surface area contributed by atoms with E-state index < -0.39 is 0 Å². The predicted octanol–water partition coefficient (Wildman–Crippen LogP) is 3.18. The SMILES string of the molecule is Cc1sccc1-c1cscn1. The quantitative estimate of drug-likeness (QED) is 0.658. The van der Waals surface area contributed by atoms with Gasteiger partial charge in [0.2, 0.25) is 0 Å². The van der Waals surface area contributed by atoms with Crippen molar-refractivity contribution in [2.24, 2.45) is 0 Å². The third-order valence-electron chi connectivity index (χ3n) is 1.57. The van der Waals surface area contributed by atoms with Crippen molar-refractivity contribution >= 4 is 22.7 Å². The average molecular weight is 181 g/mol. The van der Waals surface area contributed by atoms with Crippen molar-refractivity contribution in [3.05, 3.63) is 27.2 Å². The molecule has 0 spiro atoms. The Morgan fingerprint density at radius 3 is 2.91 bits per heavy atom. The fraction of sp³-hybridized carbons (Fsp3) is 0.125. The lowest BCUT2D eigenvalue weighted by molar-refractivity contribution is 1.40. The van der Waals surface area contributed by atoms with E-state index in [1.165, 1.54) is 10.4 Å². The summed E-state index contributed by atoms with van der Waals surface area (Å²) in [5.41, 5.74) is 4.25. The molecule has 0 radical (unpaired) electrons. The number of rotatable bonds is 1. The van der Waals surface area contributed by atoms with E-state index in [4.69, 9.17) is 0 Å². The van der Waals surface area contributed by atoms with Gasteiger partial charge in [-0.1, -0.05) is 0 Å². The van der Waals surface area contributed by atoms with Gasteiger partial charge >= 0.3 is 0 Å². The highest BCUT2D eigenvalue weighted by Gasteiger charge is 2.02. The first-order chi connectivity index (χ1) is 5.38. The zero-order chi connectivity index (χ0) is 7.68. The first kappa shape index (κ1) is 7.00. The number of thiophene rings is 1. The zero-order valence-corrected chi connectivity index (χ0v) is 7.71. The van der Waals surface area contributed by atoms with E-state index in [1.54, 1.807) is 22.7 Å². The van der Waals surface area contributed by atoms with Gasteiger partial charge in [0.05, 0.1) is 11.2 Å². The third kappa shape index (κ3) is 1.21. The largest absolute Gasteiger partial charge is 0.245 e. The van der Waals surface area contributed by atoms with Gasteiger partial charge < -0.3 is 0 Å². The van der Waals surface area contributed by atoms with E-state index in [1.807, 2.05) is 5.51 Å². The van der Waals surface area contributed by atoms with Gasteiger partial charge in [0.25, 0.3) is 0 Å². The van der Waals surface area contributed by atoms with Crippen molar-refractivity contribution in [3.63, 3.8) is 0 Å². The predicted molar refractivity (Wildman–Crippen MR) is 50.2 cm³/mol. The summed E-state index contributed by atoms with van der Waals surface area (Å²) in [7, 11) is 0. The summed E-state index contributed by atoms with van der Waals surface area (Å²) in [6.45, 7) is 2.12. The van der Waals surface area contributed by atoms with Crippen LogP contribution >= 0.6 is 22.7 Å². The minimum Gasteiger partial charge on any atom is -0.245 e. The number of aryl methyl sites for hydroxylation is 1. The van der Waals surface area contributed by atoms with Crippen LogP contribution in [0, 0.1) is 6.92 Å². The highest BCUT2D eigenvalue weighted by atomic mass is 32.1. The van der Waals surface area contributed by atoms with Gasteiger partial charge in [-0.25, -0.2) is 4.98 Å². The maximum atomic E-state index is 4.24. The fourth-order valence-corrected chi connectivity index (χ4v) is 2.26. The Morgan fingerprint density at radius 1 is 1.45 bits per heavy atom. The van der Waals surface area contributed by atoms with Crippen molar-refractivity contribution in [3.8, 4) is 11.3 Å². The summed E-state index contributed by atoms with van der Waals surface area (Å²) >= 11 is 3.41. The average Bonchev–Trinajstić information content (AvgIpc) is 2.55. The molecule has 0 unspecified atom stereocenters. The topological polar surface area (TPSA) is 12.9 Å². The van der Waals surface area contributed by atoms with E-state index in [2.05, 4.69) is 28.7 Å². The molecule has 0 saturated carbocycles. The van der Waals surface area contributed by atoms with Crippen LogP contribution in [-0.2, 0) is 0 Å². The molecular formula is C8H7NS2. The number of nitrogens with zero attached hydrogens (tertiary/aromatic N) is 1. The zero-order valence-electron chi connectivity index (χ0n) is 6.07. The molecule has 0 N–H and O–H groups in total. The molecule has 2 rings (SSSR count). The first-order valence-electron chi connectivity index (χ1n) is 3.30. The van der Waals surface area contributed by atoms with Crippen LogP contribution in [0.5, 0.6) is 0 Å². The van der Waals surface area contributed by atoms with E-state index in [0.717, 1.165) is 5.69 Å². The fourth-order valence-electron chi connectivity index (χ4n) is 0.996. The van der Waals surface area contributed by atoms with Gasteiger partial charge in [0.1, 0.15) is 0 Å². The van der Waals surface area contributed by atoms with Crippen molar-refractivity contribution in [2.45, 2.75) is 6.92 Å². The number of hydrogen-bond acceptors (Lipinski definition) is 3. The van der Waals surface area contributed by atoms with Crippen LogP contribution in [0.2, 0.25) is 0 Å². The third-order valence-corrected chi connectivity index (χ3v) is 3.00. The molecule has 1 nitrogen and oxygen atoms in total. The van der Waals surface area contributed by atoms with Gasteiger partial charge in [-0.05, 0) is 18.4 Å². The molecule has 0 amide bonds. The molecule has 0 aliphatic heterocycles. The number of aromatic nitrogens is 1. The van der Waals surface area contributed by atoms with Crippen molar-refractivity contribution in [2.75, 3.05) is 0 Å². The summed E-state index contributed by atoms with van der Waals surface area (Å²) in [4.78, 5) is 5.59. The Labute approximate surface area is 73.4 Å². The standard InChI is InChI=1S/C8H7NS2/c1-6-7(2-3-11-6)8-4-10-5-9-8/h2-5H,1H3. The summed E-state index contributed by atoms with van der Waals surface area (Å²) < 4.78 is 0. The highest BCUT2D eigenvalue weighted by Crippen LogP contribution is 2.26. The minimum absolute atomic E-state index is 1.11. The van der Waals surface area contributed by atoms with E-state index in [0.29, 0.717) is 0 Å². The highest BCUT2D eigenvalue weighted by molar-refractivity contribution is 7.10. The molecule has 2 heterocycles. The van der Waals surface area contributed by atoms with Crippen molar-refractivity contribution in [1.29, 1.82) is 0 Å². The molecule has 56 valence electrons. The minimum atomic E-state index is 1.11. The second-order valence-electron chi connectivity index (χ2n) is 2.26. The molecule has 11 heavy (non-hydrogen) atoms. The Morgan fingerprint density at radius 2 is 2.36 bits per heavy atom. The monoisotopic (exact) mass is 181 g/mol. The summed E-state index contributed by atoms with van der Waals surface area (Å²) in [5.74, 6) is 0. The summed E-state index contributed by atoms with van der Waals surface area (Å²) in [6.07, 6.45) is 0. The van der Waals surface area contributed by atoms with E-state index in [9.17, 15) is 0 Å². The van der Waals surface area contributed by atoms with Gasteiger partial charge in [0, 0.05) is 15.8 Å². The van der Waals surface area contributed by atoms with Gasteiger partial charge in [0.15, 0.2) is 0 Å². The van der Waals surface area contributed by atoms with Gasteiger partial charge in [-0.2, -0.15) is 0 Å². The van der Waals surface area contributed by atoms with Crippen LogP contribution < -0.4 is 0 Å². The summed E-state index contributed by atoms with van der Waals surface area (Å²) in [6, 6.07) is 2.12. The molecule has 0 saturated heterocycles. The van der Waals surface area contributed by atoms with Crippen LogP contribution in [0.1, 0.15) is 4.88 Å². The lowest BCUT2D eigenvalue weighted by Crippen LogP contribution is -1.73. The molecule has 0 aliphatic rings. The molecule has 0 aromatic carbocycles. The second kappa shape index (κ2) is 2.75. The molecule has 0 atom stereocenters. The van der Waals surface area contributed by atoms with E-state index >= 15 is 0 Å². The Hall–Kier alpha value is -0.670. The molecule has 2 aromatic heterocycles. The first-order valence-corrected chi connectivity index (χ1v) is 5.13. The lowest BCUT2D eigenvalue weighted by atomic mass is 10.2. The Bertz CT molecular complexity index is 335. The van der Waals surface area contributed by atoms with Crippen LogP contribution in [0.4, 0.5) is 0 Å². The van der Waals surface area contributed by atoms with E-state index in [-0.39, 0.29) is 0 Å². The lowest BCUT2D eigenvalue weighted by Gasteiger charge is -1.90. The van der Waals surface area contributed by atoms with Crippen LogP contribution in [0.3, 0.4) is 0 Å². The molecule has 0 fully saturated rings. The van der Waals surface area contributed by atoms with Gasteiger partial charge in [-0.3, -0.25) is 0 Å². The number of thiazole rings is 1. The Balaban J connectivity index is 2.53. The summed E-state index contributed by atoms with van der Waals surface area (Å²) in [5, 5.41) is 4.18. The molecule has 2 aromatic rings. The Kier molecular flexibility index (Phi) is 1.75. The molecule has 0 aliphatic carbocycles. The van der Waals surface area contributed by atoms with Crippen LogP contribution in [-0.4, -0.2) is 4.98 Å². The maximum absolute atomic E-state index is 4.24. The number of hydrogen-bond donors (Lipinski definition) is 0. The van der Waals surface area contributed by atoms with Crippen LogP contribution in [0.15, 0.2) is 22.3 Å².